The van der Waals surface area contributed by atoms with Crippen LogP contribution in [0.2, 0.25) is 0 Å². The zero-order chi connectivity index (χ0) is 27.4. The maximum atomic E-state index is 10.6. The van der Waals surface area contributed by atoms with Gasteiger partial charge in [-0.05, 0) is 18.6 Å². The van der Waals surface area contributed by atoms with Crippen molar-refractivity contribution < 1.29 is 60.7 Å². The van der Waals surface area contributed by atoms with E-state index in [-0.39, 0.29) is 12.2 Å². The Morgan fingerprint density at radius 3 is 2.25 bits per heavy atom. The molecule has 2 unspecified atom stereocenters. The van der Waals surface area contributed by atoms with Gasteiger partial charge in [0.25, 0.3) is 0 Å². The Labute approximate surface area is 201 Å². The number of aliphatic carboxylic acids is 2. The second-order valence-corrected chi connectivity index (χ2v) is 7.82. The summed E-state index contributed by atoms with van der Waals surface area (Å²) >= 11 is 0. The molecule has 2 fully saturated rings. The fourth-order valence-electron chi connectivity index (χ4n) is 3.31. The minimum atomic E-state index is -5.08. The number of carboxylic acids is 2. The number of pyridine rings is 1. The van der Waals surface area contributed by atoms with Gasteiger partial charge in [-0.1, -0.05) is 6.07 Å². The number of halogens is 6. The predicted molar refractivity (Wildman–Crippen MR) is 111 cm³/mol. The maximum absolute atomic E-state index is 10.6. The lowest BCUT2D eigenvalue weighted by atomic mass is 9.94. The largest absolute Gasteiger partial charge is 0.490 e. The fourth-order valence-corrected chi connectivity index (χ4v) is 3.31. The van der Waals surface area contributed by atoms with Crippen molar-refractivity contribution in [3.05, 3.63) is 24.4 Å². The topological polar surface area (TPSA) is 141 Å². The lowest BCUT2D eigenvalue weighted by molar-refractivity contribution is -0.193. The Morgan fingerprint density at radius 1 is 1.14 bits per heavy atom. The first-order chi connectivity index (χ1) is 16.7. The second-order valence-electron chi connectivity index (χ2n) is 7.82. The van der Waals surface area contributed by atoms with Crippen LogP contribution in [0.15, 0.2) is 24.4 Å². The molecular formula is C20H27F6N3O7. The number of nitrogens with zero attached hydrogens (tertiary/aromatic N) is 2. The van der Waals surface area contributed by atoms with Crippen LogP contribution in [0.4, 0.5) is 32.2 Å². The third-order valence-electron chi connectivity index (χ3n) is 4.85. The molecule has 3 rings (SSSR count). The number of β-amino-alcohol motifs (C(OH)–C–C–N with tert-alkyl or cyclic N) is 1. The number of hydrogen-bond acceptors (Lipinski definition) is 8. The fraction of sp³-hybridized carbons (Fsp3) is 0.650. The molecular weight excluding hydrogens is 508 g/mol. The van der Waals surface area contributed by atoms with Gasteiger partial charge in [0.05, 0.1) is 26.4 Å². The molecule has 4 N–H and O–H groups in total. The van der Waals surface area contributed by atoms with Crippen LogP contribution in [0.3, 0.4) is 0 Å². The first-order valence-electron chi connectivity index (χ1n) is 10.5. The number of anilines is 1. The van der Waals surface area contributed by atoms with Crippen LogP contribution in [-0.4, -0.2) is 108 Å². The van der Waals surface area contributed by atoms with Crippen molar-refractivity contribution >= 4 is 17.8 Å². The van der Waals surface area contributed by atoms with E-state index in [2.05, 4.69) is 15.2 Å². The molecule has 0 radical (unpaired) electrons. The summed E-state index contributed by atoms with van der Waals surface area (Å²) in [5.74, 6) is -4.15. The summed E-state index contributed by atoms with van der Waals surface area (Å²) in [6, 6.07) is 5.87. The van der Waals surface area contributed by atoms with E-state index >= 15 is 0 Å². The van der Waals surface area contributed by atoms with Crippen molar-refractivity contribution in [2.24, 2.45) is 5.92 Å². The molecule has 0 aliphatic carbocycles. The smallest absolute Gasteiger partial charge is 0.475 e. The molecule has 206 valence electrons. The van der Waals surface area contributed by atoms with Crippen LogP contribution < -0.4 is 5.32 Å². The molecule has 36 heavy (non-hydrogen) atoms. The number of rotatable bonds is 5. The molecule has 16 heteroatoms. The molecule has 2 saturated heterocycles. The zero-order valence-electron chi connectivity index (χ0n) is 18.9. The van der Waals surface area contributed by atoms with Crippen LogP contribution in [0.1, 0.15) is 6.42 Å². The number of alkyl halides is 6. The summed E-state index contributed by atoms with van der Waals surface area (Å²) in [5.41, 5.74) is -0.220. The number of aromatic nitrogens is 1. The minimum absolute atomic E-state index is 0.181. The number of carboxylic acid groups (broad SMARTS) is 2. The van der Waals surface area contributed by atoms with Crippen LogP contribution in [0.25, 0.3) is 0 Å². The van der Waals surface area contributed by atoms with Gasteiger partial charge in [-0.15, -0.1) is 0 Å². The Bertz CT molecular complexity index is 789. The third kappa shape index (κ3) is 11.8. The number of ether oxygens (including phenoxy) is 2. The lowest BCUT2D eigenvalue weighted by Crippen LogP contribution is -2.45. The SMILES string of the molecule is O=C(O)C(F)(F)F.O=C(O)C(F)(F)F.OCCN1CCOCC2(CC(CNc3ccccn3)CO2)C1. The first kappa shape index (κ1) is 31.3. The van der Waals surface area contributed by atoms with E-state index in [1.165, 1.54) is 0 Å². The van der Waals surface area contributed by atoms with E-state index in [9.17, 15) is 26.3 Å². The van der Waals surface area contributed by atoms with E-state index in [4.69, 9.17) is 34.4 Å². The molecule has 3 heterocycles. The van der Waals surface area contributed by atoms with Crippen molar-refractivity contribution in [3.8, 4) is 0 Å². The van der Waals surface area contributed by atoms with Crippen LogP contribution >= 0.6 is 0 Å². The number of nitrogens with one attached hydrogen (secondary N) is 1. The van der Waals surface area contributed by atoms with Crippen molar-refractivity contribution in [1.82, 2.24) is 9.88 Å². The van der Waals surface area contributed by atoms with Gasteiger partial charge >= 0.3 is 24.3 Å². The van der Waals surface area contributed by atoms with E-state index in [1.54, 1.807) is 6.20 Å². The van der Waals surface area contributed by atoms with Gasteiger partial charge in [-0.3, -0.25) is 4.90 Å². The van der Waals surface area contributed by atoms with E-state index < -0.39 is 24.3 Å². The highest BCUT2D eigenvalue weighted by Crippen LogP contribution is 2.32. The molecule has 1 aromatic heterocycles. The summed E-state index contributed by atoms with van der Waals surface area (Å²) in [7, 11) is 0. The average molecular weight is 535 g/mol. The van der Waals surface area contributed by atoms with Gasteiger partial charge in [-0.2, -0.15) is 26.3 Å². The molecule has 1 spiro atoms. The minimum Gasteiger partial charge on any atom is -0.475 e. The first-order valence-corrected chi connectivity index (χ1v) is 10.5. The molecule has 0 bridgehead atoms. The number of aliphatic hydroxyl groups is 1. The van der Waals surface area contributed by atoms with Crippen LogP contribution in [0.5, 0.6) is 0 Å². The monoisotopic (exact) mass is 535 g/mol. The lowest BCUT2D eigenvalue weighted by Gasteiger charge is -2.30. The Kier molecular flexibility index (Phi) is 12.3. The summed E-state index contributed by atoms with van der Waals surface area (Å²) in [6.07, 6.45) is -7.39. The van der Waals surface area contributed by atoms with Crippen molar-refractivity contribution in [2.45, 2.75) is 24.4 Å². The highest BCUT2D eigenvalue weighted by Gasteiger charge is 2.43. The summed E-state index contributed by atoms with van der Waals surface area (Å²) in [4.78, 5) is 24.3. The summed E-state index contributed by atoms with van der Waals surface area (Å²) < 4.78 is 75.3. The van der Waals surface area contributed by atoms with Gasteiger partial charge < -0.3 is 30.1 Å². The highest BCUT2D eigenvalue weighted by molar-refractivity contribution is 5.73. The van der Waals surface area contributed by atoms with Crippen molar-refractivity contribution in [3.63, 3.8) is 0 Å². The molecule has 0 amide bonds. The molecule has 2 aliphatic rings. The second kappa shape index (κ2) is 14.2. The highest BCUT2D eigenvalue weighted by atomic mass is 19.4. The molecule has 2 aliphatic heterocycles. The van der Waals surface area contributed by atoms with Gasteiger partial charge in [0.15, 0.2) is 0 Å². The standard InChI is InChI=1S/C16H25N3O3.2C2HF3O2/c20-7-5-19-6-8-21-13-16(12-19)9-14(11-22-16)10-18-15-3-1-2-4-17-15;2*3-2(4,5)1(6)7/h1-4,14,20H,5-13H2,(H,17,18);2*(H,6,7). The van der Waals surface area contributed by atoms with Crippen LogP contribution in [0, 0.1) is 5.92 Å². The molecule has 2 atom stereocenters. The number of carbonyl (C=O) groups is 2. The van der Waals surface area contributed by atoms with Gasteiger partial charge in [0.1, 0.15) is 11.4 Å². The third-order valence-corrected chi connectivity index (χ3v) is 4.85. The predicted octanol–water partition coefficient (Wildman–Crippen LogP) is 1.86. The number of aliphatic hydroxyl groups excluding tert-OH is 1. The Morgan fingerprint density at radius 2 is 1.75 bits per heavy atom. The summed E-state index contributed by atoms with van der Waals surface area (Å²) in [6.45, 7) is 5.54. The number of hydrogen-bond donors (Lipinski definition) is 4. The molecule has 0 aromatic carbocycles. The van der Waals surface area contributed by atoms with Crippen molar-refractivity contribution in [2.75, 3.05) is 57.9 Å². The van der Waals surface area contributed by atoms with E-state index in [1.807, 2.05) is 18.2 Å². The van der Waals surface area contributed by atoms with Crippen molar-refractivity contribution in [1.29, 1.82) is 0 Å². The zero-order valence-corrected chi connectivity index (χ0v) is 18.9. The maximum Gasteiger partial charge on any atom is 0.490 e. The molecule has 1 aromatic rings. The van der Waals surface area contributed by atoms with Gasteiger partial charge in [0, 0.05) is 38.3 Å². The molecule has 10 nitrogen and oxygen atoms in total. The average Bonchev–Trinajstić information content (AvgIpc) is 3.07. The van der Waals surface area contributed by atoms with Gasteiger partial charge in [-0.25, -0.2) is 14.6 Å². The van der Waals surface area contributed by atoms with E-state index in [0.29, 0.717) is 25.7 Å². The van der Waals surface area contributed by atoms with E-state index in [0.717, 1.165) is 38.5 Å². The van der Waals surface area contributed by atoms with Crippen LogP contribution in [-0.2, 0) is 19.1 Å². The quantitative estimate of drug-likeness (QED) is 0.413. The molecule has 0 saturated carbocycles. The summed E-state index contributed by atoms with van der Waals surface area (Å²) in [5, 5.41) is 26.8. The normalized spacial score (nSPS) is 22.5. The Balaban J connectivity index is 0.000000383. The Hall–Kier alpha value is -2.69. The van der Waals surface area contributed by atoms with Gasteiger partial charge in [0.2, 0.25) is 0 Å².